The van der Waals surface area contributed by atoms with Crippen LogP contribution in [0.4, 0.5) is 0 Å². The number of hydrogen-bond donors (Lipinski definition) is 0. The van der Waals surface area contributed by atoms with E-state index in [-0.39, 0.29) is 11.9 Å². The molecular formula is C22H25N5O2. The number of carbonyl (C=O) groups is 1. The van der Waals surface area contributed by atoms with E-state index < -0.39 is 5.41 Å². The van der Waals surface area contributed by atoms with Gasteiger partial charge >= 0.3 is 0 Å². The van der Waals surface area contributed by atoms with Crippen molar-refractivity contribution in [3.05, 3.63) is 54.1 Å². The molecule has 2 fully saturated rings. The molecule has 150 valence electrons. The normalized spacial score (nSPS) is 21.0. The van der Waals surface area contributed by atoms with Crippen molar-refractivity contribution < 1.29 is 9.53 Å². The summed E-state index contributed by atoms with van der Waals surface area (Å²) in [5, 5.41) is 4.34. The fourth-order valence-electron chi connectivity index (χ4n) is 5.12. The molecular weight excluding hydrogens is 366 g/mol. The Morgan fingerprint density at radius 3 is 2.66 bits per heavy atom. The summed E-state index contributed by atoms with van der Waals surface area (Å²) in [4.78, 5) is 24.6. The van der Waals surface area contributed by atoms with Crippen molar-refractivity contribution in [2.24, 2.45) is 0 Å². The van der Waals surface area contributed by atoms with Crippen LogP contribution in [0.5, 0.6) is 5.75 Å². The van der Waals surface area contributed by atoms with Gasteiger partial charge in [0, 0.05) is 12.7 Å². The molecule has 0 unspecified atom stereocenters. The fraction of sp³-hybridized carbons (Fsp3) is 0.455. The molecule has 1 aliphatic heterocycles. The molecule has 29 heavy (non-hydrogen) atoms. The van der Waals surface area contributed by atoms with Gasteiger partial charge < -0.3 is 9.64 Å². The van der Waals surface area contributed by atoms with E-state index >= 15 is 0 Å². The molecule has 1 aromatic carbocycles. The number of nitrogens with zero attached hydrogens (tertiary/aromatic N) is 5. The summed E-state index contributed by atoms with van der Waals surface area (Å²) in [6.07, 6.45) is 9.17. The first-order chi connectivity index (χ1) is 14.2. The molecule has 5 rings (SSSR count). The van der Waals surface area contributed by atoms with E-state index in [2.05, 4.69) is 32.1 Å². The molecule has 7 heteroatoms. The zero-order valence-corrected chi connectivity index (χ0v) is 16.6. The highest BCUT2D eigenvalue weighted by atomic mass is 16.5. The van der Waals surface area contributed by atoms with Crippen LogP contribution in [0, 0.1) is 0 Å². The summed E-state index contributed by atoms with van der Waals surface area (Å²) in [6, 6.07) is 10.0. The molecule has 0 bridgehead atoms. The molecule has 1 amide bonds. The van der Waals surface area contributed by atoms with E-state index in [4.69, 9.17) is 4.74 Å². The zero-order valence-electron chi connectivity index (χ0n) is 16.6. The molecule has 2 aliphatic rings. The maximum absolute atomic E-state index is 14.0. The molecule has 0 radical (unpaired) electrons. The van der Waals surface area contributed by atoms with Crippen LogP contribution < -0.4 is 4.74 Å². The van der Waals surface area contributed by atoms with Gasteiger partial charge in [-0.25, -0.2) is 4.98 Å². The van der Waals surface area contributed by atoms with E-state index in [0.717, 1.165) is 62.1 Å². The Balaban J connectivity index is 1.52. The number of ether oxygens (including phenoxy) is 1. The lowest BCUT2D eigenvalue weighted by atomic mass is 9.77. The van der Waals surface area contributed by atoms with Crippen molar-refractivity contribution in [3.63, 3.8) is 0 Å². The highest BCUT2D eigenvalue weighted by Crippen LogP contribution is 2.46. The van der Waals surface area contributed by atoms with Crippen LogP contribution in [0.1, 0.15) is 55.8 Å². The summed E-state index contributed by atoms with van der Waals surface area (Å²) < 4.78 is 7.09. The maximum Gasteiger partial charge on any atom is 0.252 e. The highest BCUT2D eigenvalue weighted by Gasteiger charge is 2.47. The first kappa shape index (κ1) is 18.1. The minimum absolute atomic E-state index is 0.00502. The fourth-order valence-corrected chi connectivity index (χ4v) is 5.12. The molecule has 1 aliphatic carbocycles. The van der Waals surface area contributed by atoms with Gasteiger partial charge in [0.1, 0.15) is 12.1 Å². The van der Waals surface area contributed by atoms with Gasteiger partial charge in [-0.3, -0.25) is 4.79 Å². The van der Waals surface area contributed by atoms with Gasteiger partial charge in [-0.2, -0.15) is 14.6 Å². The average Bonchev–Trinajstić information content (AvgIpc) is 3.53. The number of amides is 1. The van der Waals surface area contributed by atoms with E-state index in [1.165, 1.54) is 6.33 Å². The monoisotopic (exact) mass is 391 g/mol. The quantitative estimate of drug-likeness (QED) is 0.682. The zero-order chi connectivity index (χ0) is 19.8. The van der Waals surface area contributed by atoms with Crippen molar-refractivity contribution in [2.45, 2.75) is 50.0 Å². The minimum atomic E-state index is -0.441. The maximum atomic E-state index is 14.0. The SMILES string of the molecule is COc1ccc(C2(C(=O)N3CCC[C@@H]3c3ccnc4ncnn34)CCCC2)cc1. The standard InChI is InChI=1S/C22H25N5O2/c1-29-17-8-6-16(7-9-17)22(11-2-3-12-22)20(28)26-14-4-5-18(26)19-10-13-23-21-24-15-25-27(19)21/h6-10,13,15,18H,2-5,11-12,14H2,1H3/t18-/m1/s1. The van der Waals surface area contributed by atoms with Crippen molar-refractivity contribution in [2.75, 3.05) is 13.7 Å². The lowest BCUT2D eigenvalue weighted by Gasteiger charge is -2.36. The second kappa shape index (κ2) is 7.13. The minimum Gasteiger partial charge on any atom is -0.497 e. The number of carbonyl (C=O) groups excluding carboxylic acids is 1. The Bertz CT molecular complexity index is 1020. The van der Waals surface area contributed by atoms with Crippen LogP contribution in [-0.4, -0.2) is 44.0 Å². The van der Waals surface area contributed by atoms with Gasteiger partial charge in [0.2, 0.25) is 5.91 Å². The Morgan fingerprint density at radius 2 is 1.90 bits per heavy atom. The van der Waals surface area contributed by atoms with Gasteiger partial charge in [0.05, 0.1) is 24.3 Å². The van der Waals surface area contributed by atoms with Crippen LogP contribution in [-0.2, 0) is 10.2 Å². The van der Waals surface area contributed by atoms with Gasteiger partial charge in [0.15, 0.2) is 0 Å². The largest absolute Gasteiger partial charge is 0.497 e. The van der Waals surface area contributed by atoms with E-state index in [1.54, 1.807) is 17.8 Å². The molecule has 3 aromatic rings. The van der Waals surface area contributed by atoms with Crippen molar-refractivity contribution in [1.82, 2.24) is 24.5 Å². The topological polar surface area (TPSA) is 72.6 Å². The number of benzene rings is 1. The molecule has 7 nitrogen and oxygen atoms in total. The van der Waals surface area contributed by atoms with Crippen LogP contribution in [0.15, 0.2) is 42.9 Å². The lowest BCUT2D eigenvalue weighted by molar-refractivity contribution is -0.138. The number of likely N-dealkylation sites (tertiary alicyclic amines) is 1. The predicted molar refractivity (Wildman–Crippen MR) is 108 cm³/mol. The average molecular weight is 391 g/mol. The second-order valence-corrected chi connectivity index (χ2v) is 8.02. The van der Waals surface area contributed by atoms with Gasteiger partial charge in [-0.15, -0.1) is 0 Å². The third-order valence-corrected chi connectivity index (χ3v) is 6.57. The van der Waals surface area contributed by atoms with Crippen molar-refractivity contribution in [1.29, 1.82) is 0 Å². The molecule has 0 spiro atoms. The third kappa shape index (κ3) is 2.87. The smallest absolute Gasteiger partial charge is 0.252 e. The third-order valence-electron chi connectivity index (χ3n) is 6.57. The summed E-state index contributed by atoms with van der Waals surface area (Å²) in [5.74, 6) is 1.64. The van der Waals surface area contributed by atoms with E-state index in [0.29, 0.717) is 5.78 Å². The molecule has 1 atom stereocenters. The Kier molecular flexibility index (Phi) is 4.45. The van der Waals surface area contributed by atoms with Crippen LogP contribution in [0.2, 0.25) is 0 Å². The molecule has 1 saturated heterocycles. The first-order valence-corrected chi connectivity index (χ1v) is 10.3. The Labute approximate surface area is 169 Å². The van der Waals surface area contributed by atoms with Gasteiger partial charge in [-0.1, -0.05) is 25.0 Å². The Hall–Kier alpha value is -2.96. The first-order valence-electron chi connectivity index (χ1n) is 10.3. The van der Waals surface area contributed by atoms with E-state index in [9.17, 15) is 4.79 Å². The number of methoxy groups -OCH3 is 1. The highest BCUT2D eigenvalue weighted by molar-refractivity contribution is 5.89. The van der Waals surface area contributed by atoms with Crippen molar-refractivity contribution in [3.8, 4) is 5.75 Å². The summed E-state index contributed by atoms with van der Waals surface area (Å²) >= 11 is 0. The second-order valence-electron chi connectivity index (χ2n) is 8.02. The number of aromatic nitrogens is 4. The number of fused-ring (bicyclic) bond motifs is 1. The van der Waals surface area contributed by atoms with Crippen molar-refractivity contribution >= 4 is 11.7 Å². The number of rotatable bonds is 4. The van der Waals surface area contributed by atoms with Gasteiger partial charge in [0.25, 0.3) is 5.78 Å². The van der Waals surface area contributed by atoms with Gasteiger partial charge in [-0.05, 0) is 49.4 Å². The lowest BCUT2D eigenvalue weighted by Crippen LogP contribution is -2.45. The molecule has 2 aromatic heterocycles. The molecule has 3 heterocycles. The Morgan fingerprint density at radius 1 is 1.10 bits per heavy atom. The summed E-state index contributed by atoms with van der Waals surface area (Å²) in [6.45, 7) is 0.778. The number of hydrogen-bond acceptors (Lipinski definition) is 5. The van der Waals surface area contributed by atoms with Crippen LogP contribution in [0.3, 0.4) is 0 Å². The van der Waals surface area contributed by atoms with E-state index in [1.807, 2.05) is 18.2 Å². The van der Waals surface area contributed by atoms with Crippen LogP contribution >= 0.6 is 0 Å². The predicted octanol–water partition coefficient (Wildman–Crippen LogP) is 3.31. The summed E-state index contributed by atoms with van der Waals surface area (Å²) in [5.41, 5.74) is 1.65. The van der Waals surface area contributed by atoms with Crippen LogP contribution in [0.25, 0.3) is 5.78 Å². The molecule has 1 saturated carbocycles. The summed E-state index contributed by atoms with van der Waals surface area (Å²) in [7, 11) is 1.67. The molecule has 0 N–H and O–H groups in total.